The maximum absolute atomic E-state index is 12.3. The van der Waals surface area contributed by atoms with Crippen molar-refractivity contribution in [2.24, 2.45) is 0 Å². The summed E-state index contributed by atoms with van der Waals surface area (Å²) in [5.74, 6) is -0.0357. The molecular formula is C17H20N2O2S. The lowest BCUT2D eigenvalue weighted by Crippen LogP contribution is -2.41. The molecule has 22 heavy (non-hydrogen) atoms. The molecule has 2 aromatic rings. The molecule has 1 aromatic carbocycles. The van der Waals surface area contributed by atoms with Crippen molar-refractivity contribution in [1.82, 2.24) is 9.69 Å². The number of hydrogen-bond donors (Lipinski definition) is 1. The molecule has 1 heterocycles. The van der Waals surface area contributed by atoms with E-state index in [0.717, 1.165) is 30.5 Å². The van der Waals surface area contributed by atoms with Gasteiger partial charge in [-0.2, -0.15) is 4.37 Å². The molecule has 3 rings (SSSR count). The second-order valence-electron chi connectivity index (χ2n) is 5.66. The van der Waals surface area contributed by atoms with Crippen molar-refractivity contribution < 1.29 is 9.53 Å². The van der Waals surface area contributed by atoms with E-state index in [-0.39, 0.29) is 18.1 Å². The van der Waals surface area contributed by atoms with E-state index < -0.39 is 0 Å². The Morgan fingerprint density at radius 1 is 1.36 bits per heavy atom. The summed E-state index contributed by atoms with van der Waals surface area (Å²) in [6.07, 6.45) is 3.15. The first-order valence-electron chi connectivity index (χ1n) is 7.61. The summed E-state index contributed by atoms with van der Waals surface area (Å²) < 4.78 is 10.2. The van der Waals surface area contributed by atoms with E-state index in [1.54, 1.807) is 5.38 Å². The SMILES string of the molecule is Cc1nscc1C(=O)N[C@H]1CCC[C@@H]1OCc1ccccc1. The molecule has 0 saturated heterocycles. The van der Waals surface area contributed by atoms with Gasteiger partial charge in [-0.25, -0.2) is 0 Å². The van der Waals surface area contributed by atoms with Crippen molar-refractivity contribution >= 4 is 17.4 Å². The Morgan fingerprint density at radius 2 is 2.18 bits per heavy atom. The Labute approximate surface area is 134 Å². The fourth-order valence-corrected chi connectivity index (χ4v) is 3.52. The number of amides is 1. The van der Waals surface area contributed by atoms with E-state index in [1.165, 1.54) is 11.5 Å². The number of rotatable bonds is 5. The van der Waals surface area contributed by atoms with Gasteiger partial charge in [0.2, 0.25) is 0 Å². The Bertz CT molecular complexity index is 627. The highest BCUT2D eigenvalue weighted by atomic mass is 32.1. The van der Waals surface area contributed by atoms with Crippen LogP contribution in [0.15, 0.2) is 35.7 Å². The summed E-state index contributed by atoms with van der Waals surface area (Å²) in [7, 11) is 0. The topological polar surface area (TPSA) is 51.2 Å². The van der Waals surface area contributed by atoms with Gasteiger partial charge in [0.15, 0.2) is 0 Å². The molecule has 116 valence electrons. The molecule has 1 aliphatic rings. The van der Waals surface area contributed by atoms with Crippen LogP contribution in [0.25, 0.3) is 0 Å². The Balaban J connectivity index is 1.57. The van der Waals surface area contributed by atoms with Gasteiger partial charge in [-0.15, -0.1) is 0 Å². The van der Waals surface area contributed by atoms with Gasteiger partial charge < -0.3 is 10.1 Å². The third kappa shape index (κ3) is 3.54. The molecule has 0 bridgehead atoms. The highest BCUT2D eigenvalue weighted by Gasteiger charge is 2.30. The molecular weight excluding hydrogens is 296 g/mol. The summed E-state index contributed by atoms with van der Waals surface area (Å²) in [6, 6.07) is 10.2. The van der Waals surface area contributed by atoms with Crippen LogP contribution >= 0.6 is 11.5 Å². The molecule has 2 atom stereocenters. The predicted octanol–water partition coefficient (Wildman–Crippen LogP) is 3.32. The number of carbonyl (C=O) groups is 1. The van der Waals surface area contributed by atoms with Crippen molar-refractivity contribution in [2.45, 2.75) is 44.9 Å². The fraction of sp³-hybridized carbons (Fsp3) is 0.412. The summed E-state index contributed by atoms with van der Waals surface area (Å²) >= 11 is 1.32. The van der Waals surface area contributed by atoms with Crippen LogP contribution in [0.5, 0.6) is 0 Å². The quantitative estimate of drug-likeness (QED) is 0.920. The van der Waals surface area contributed by atoms with E-state index in [0.29, 0.717) is 12.2 Å². The molecule has 1 saturated carbocycles. The molecule has 1 fully saturated rings. The molecule has 0 aliphatic heterocycles. The maximum atomic E-state index is 12.3. The zero-order valence-electron chi connectivity index (χ0n) is 12.6. The second kappa shape index (κ2) is 7.03. The van der Waals surface area contributed by atoms with Gasteiger partial charge in [-0.1, -0.05) is 30.3 Å². The van der Waals surface area contributed by atoms with Gasteiger partial charge in [0.1, 0.15) is 0 Å². The molecule has 0 spiro atoms. The fourth-order valence-electron chi connectivity index (χ4n) is 2.82. The minimum absolute atomic E-state index is 0.0357. The smallest absolute Gasteiger partial charge is 0.254 e. The van der Waals surface area contributed by atoms with Crippen LogP contribution in [0.3, 0.4) is 0 Å². The van der Waals surface area contributed by atoms with E-state index in [2.05, 4.69) is 21.8 Å². The average molecular weight is 316 g/mol. The first-order chi connectivity index (χ1) is 10.7. The van der Waals surface area contributed by atoms with Gasteiger partial charge in [0.05, 0.1) is 30.0 Å². The van der Waals surface area contributed by atoms with E-state index in [9.17, 15) is 4.79 Å². The van der Waals surface area contributed by atoms with Gasteiger partial charge in [0, 0.05) is 5.38 Å². The van der Waals surface area contributed by atoms with Crippen molar-refractivity contribution in [3.05, 3.63) is 52.5 Å². The second-order valence-corrected chi connectivity index (χ2v) is 6.29. The maximum Gasteiger partial charge on any atom is 0.254 e. The van der Waals surface area contributed by atoms with Crippen molar-refractivity contribution in [3.63, 3.8) is 0 Å². The van der Waals surface area contributed by atoms with Crippen molar-refractivity contribution in [1.29, 1.82) is 0 Å². The van der Waals surface area contributed by atoms with E-state index in [1.807, 2.05) is 25.1 Å². The Morgan fingerprint density at radius 3 is 2.91 bits per heavy atom. The van der Waals surface area contributed by atoms with Crippen LogP contribution in [0, 0.1) is 6.92 Å². The summed E-state index contributed by atoms with van der Waals surface area (Å²) in [6.45, 7) is 2.46. The molecule has 1 aromatic heterocycles. The number of aromatic nitrogens is 1. The summed E-state index contributed by atoms with van der Waals surface area (Å²) in [4.78, 5) is 12.3. The lowest BCUT2D eigenvalue weighted by molar-refractivity contribution is 0.0272. The third-order valence-corrected chi connectivity index (χ3v) is 4.79. The number of carbonyl (C=O) groups excluding carboxylic acids is 1. The Hall–Kier alpha value is -1.72. The molecule has 1 amide bonds. The summed E-state index contributed by atoms with van der Waals surface area (Å²) in [5.41, 5.74) is 2.64. The number of nitrogens with zero attached hydrogens (tertiary/aromatic N) is 1. The molecule has 0 unspecified atom stereocenters. The minimum atomic E-state index is -0.0357. The van der Waals surface area contributed by atoms with Crippen LogP contribution in [-0.4, -0.2) is 22.4 Å². The van der Waals surface area contributed by atoms with Gasteiger partial charge >= 0.3 is 0 Å². The van der Waals surface area contributed by atoms with Crippen LogP contribution < -0.4 is 5.32 Å². The first kappa shape index (κ1) is 15.2. The lowest BCUT2D eigenvalue weighted by atomic mass is 10.1. The van der Waals surface area contributed by atoms with Gasteiger partial charge in [-0.3, -0.25) is 4.79 Å². The normalized spacial score (nSPS) is 21.0. The monoisotopic (exact) mass is 316 g/mol. The highest BCUT2D eigenvalue weighted by molar-refractivity contribution is 7.03. The van der Waals surface area contributed by atoms with Crippen LogP contribution in [0.2, 0.25) is 0 Å². The Kier molecular flexibility index (Phi) is 4.85. The number of benzene rings is 1. The molecule has 1 N–H and O–H groups in total. The van der Waals surface area contributed by atoms with E-state index in [4.69, 9.17) is 4.74 Å². The standard InChI is InChI=1S/C17H20N2O2S/c1-12-14(11-22-19-12)17(20)18-15-8-5-9-16(15)21-10-13-6-3-2-4-7-13/h2-4,6-7,11,15-16H,5,8-10H2,1H3,(H,18,20)/t15-,16-/m0/s1. The largest absolute Gasteiger partial charge is 0.371 e. The number of nitrogens with one attached hydrogen (secondary N) is 1. The zero-order valence-corrected chi connectivity index (χ0v) is 13.4. The number of hydrogen-bond acceptors (Lipinski definition) is 4. The number of ether oxygens (including phenoxy) is 1. The molecule has 4 nitrogen and oxygen atoms in total. The van der Waals surface area contributed by atoms with E-state index >= 15 is 0 Å². The third-order valence-electron chi connectivity index (χ3n) is 4.07. The van der Waals surface area contributed by atoms with Gasteiger partial charge in [-0.05, 0) is 43.3 Å². The van der Waals surface area contributed by atoms with Crippen LogP contribution in [0.4, 0.5) is 0 Å². The van der Waals surface area contributed by atoms with Crippen LogP contribution in [0.1, 0.15) is 40.9 Å². The molecule has 0 radical (unpaired) electrons. The predicted molar refractivity (Wildman–Crippen MR) is 87.0 cm³/mol. The molecule has 5 heteroatoms. The average Bonchev–Trinajstić information content (AvgIpc) is 3.15. The zero-order chi connectivity index (χ0) is 15.4. The number of aryl methyl sites for hydroxylation is 1. The lowest BCUT2D eigenvalue weighted by Gasteiger charge is -2.21. The minimum Gasteiger partial charge on any atom is -0.371 e. The first-order valence-corrected chi connectivity index (χ1v) is 8.45. The van der Waals surface area contributed by atoms with Crippen LogP contribution in [-0.2, 0) is 11.3 Å². The highest BCUT2D eigenvalue weighted by Crippen LogP contribution is 2.24. The summed E-state index contributed by atoms with van der Waals surface area (Å²) in [5, 5.41) is 4.92. The van der Waals surface area contributed by atoms with Crippen molar-refractivity contribution in [3.8, 4) is 0 Å². The molecule has 1 aliphatic carbocycles. The van der Waals surface area contributed by atoms with Crippen molar-refractivity contribution in [2.75, 3.05) is 0 Å². The van der Waals surface area contributed by atoms with Gasteiger partial charge in [0.25, 0.3) is 5.91 Å².